The summed E-state index contributed by atoms with van der Waals surface area (Å²) in [5.41, 5.74) is 0. The van der Waals surface area contributed by atoms with Crippen LogP contribution in [0.1, 0.15) is 25.7 Å². The van der Waals surface area contributed by atoms with Gasteiger partial charge in [-0.1, -0.05) is 0 Å². The summed E-state index contributed by atoms with van der Waals surface area (Å²) in [4.78, 5) is 6.35. The Kier molecular flexibility index (Phi) is 4.90. The Morgan fingerprint density at radius 1 is 1.37 bits per heavy atom. The number of alkyl halides is 2. The molecule has 0 spiro atoms. The van der Waals surface area contributed by atoms with E-state index in [1.807, 2.05) is 0 Å². The van der Waals surface area contributed by atoms with Gasteiger partial charge in [-0.25, -0.2) is 4.98 Å². The van der Waals surface area contributed by atoms with E-state index in [-0.39, 0.29) is 12.4 Å². The topological polar surface area (TPSA) is 45.6 Å². The van der Waals surface area contributed by atoms with E-state index in [4.69, 9.17) is 5.11 Å². The van der Waals surface area contributed by atoms with Crippen LogP contribution in [-0.4, -0.2) is 35.9 Å². The molecule has 4 nitrogen and oxygen atoms in total. The van der Waals surface area contributed by atoms with Gasteiger partial charge in [-0.3, -0.25) is 0 Å². The maximum absolute atomic E-state index is 12.0. The third-order valence-electron chi connectivity index (χ3n) is 3.03. The van der Waals surface area contributed by atoms with Gasteiger partial charge in [0.25, 0.3) is 0 Å². The minimum atomic E-state index is -2.82. The monoisotopic (exact) mass is 272 g/mol. The molecule has 0 amide bonds. The van der Waals surface area contributed by atoms with E-state index in [2.05, 4.69) is 14.6 Å². The van der Waals surface area contributed by atoms with E-state index < -0.39 is 6.61 Å². The number of halogens is 2. The molecule has 1 aromatic heterocycles. The summed E-state index contributed by atoms with van der Waals surface area (Å²) in [6.45, 7) is -1.81. The van der Waals surface area contributed by atoms with Gasteiger partial charge in [0, 0.05) is 19.2 Å². The van der Waals surface area contributed by atoms with Crippen LogP contribution in [-0.2, 0) is 0 Å². The van der Waals surface area contributed by atoms with Crippen LogP contribution in [0.15, 0.2) is 18.3 Å². The lowest BCUT2D eigenvalue weighted by Crippen LogP contribution is -2.27. The van der Waals surface area contributed by atoms with Crippen LogP contribution >= 0.6 is 0 Å². The highest BCUT2D eigenvalue weighted by atomic mass is 19.3. The van der Waals surface area contributed by atoms with Crippen LogP contribution in [0.5, 0.6) is 5.75 Å². The molecule has 1 aliphatic rings. The number of hydrogen-bond donors (Lipinski definition) is 1. The molecule has 0 radical (unpaired) electrons. The first-order valence-corrected chi connectivity index (χ1v) is 6.49. The van der Waals surface area contributed by atoms with Crippen LogP contribution in [0.25, 0.3) is 0 Å². The third kappa shape index (κ3) is 4.31. The molecule has 0 unspecified atom stereocenters. The number of ether oxygens (including phenoxy) is 1. The highest BCUT2D eigenvalue weighted by Crippen LogP contribution is 2.31. The number of nitrogens with zero attached hydrogens (tertiary/aromatic N) is 2. The zero-order chi connectivity index (χ0) is 13.7. The molecule has 19 heavy (non-hydrogen) atoms. The zero-order valence-electron chi connectivity index (χ0n) is 10.6. The lowest BCUT2D eigenvalue weighted by Gasteiger charge is -2.23. The molecule has 0 atom stereocenters. The highest BCUT2D eigenvalue weighted by Gasteiger charge is 2.29. The second-order valence-electron chi connectivity index (χ2n) is 4.59. The van der Waals surface area contributed by atoms with E-state index in [9.17, 15) is 8.78 Å². The number of hydrogen-bond acceptors (Lipinski definition) is 4. The molecule has 0 aromatic carbocycles. The SMILES string of the molecule is OCCCCN(c1ccc(OC(F)F)cn1)C1CC1. The van der Waals surface area contributed by atoms with Crippen molar-refractivity contribution in [2.24, 2.45) is 0 Å². The first-order valence-electron chi connectivity index (χ1n) is 6.49. The summed E-state index contributed by atoms with van der Waals surface area (Å²) >= 11 is 0. The molecule has 1 heterocycles. The van der Waals surface area contributed by atoms with E-state index >= 15 is 0 Å². The molecular weight excluding hydrogens is 254 g/mol. The first kappa shape index (κ1) is 14.0. The van der Waals surface area contributed by atoms with Gasteiger partial charge in [0.2, 0.25) is 0 Å². The van der Waals surface area contributed by atoms with Crippen LogP contribution in [0, 0.1) is 0 Å². The summed E-state index contributed by atoms with van der Waals surface area (Å²) in [5.74, 6) is 0.854. The van der Waals surface area contributed by atoms with Gasteiger partial charge in [0.15, 0.2) is 0 Å². The average Bonchev–Trinajstić information content (AvgIpc) is 3.20. The lowest BCUT2D eigenvalue weighted by atomic mass is 10.3. The van der Waals surface area contributed by atoms with Crippen LogP contribution in [0.4, 0.5) is 14.6 Å². The fourth-order valence-corrected chi connectivity index (χ4v) is 1.98. The quantitative estimate of drug-likeness (QED) is 0.738. The van der Waals surface area contributed by atoms with Crippen molar-refractivity contribution in [1.29, 1.82) is 0 Å². The number of rotatable bonds is 8. The summed E-state index contributed by atoms with van der Waals surface area (Å²) in [6, 6.07) is 3.71. The highest BCUT2D eigenvalue weighted by molar-refractivity contribution is 5.43. The number of pyridine rings is 1. The molecule has 1 N–H and O–H groups in total. The van der Waals surface area contributed by atoms with Gasteiger partial charge >= 0.3 is 6.61 Å². The van der Waals surface area contributed by atoms with Gasteiger partial charge in [-0.05, 0) is 37.8 Å². The third-order valence-corrected chi connectivity index (χ3v) is 3.03. The Hall–Kier alpha value is -1.43. The standard InChI is InChI=1S/C13H18F2N2O2/c14-13(15)19-11-5-6-12(16-9-11)17(10-3-4-10)7-1-2-8-18/h5-6,9-10,13,18H,1-4,7-8H2. The number of unbranched alkanes of at least 4 members (excludes halogenated alkanes) is 1. The minimum absolute atomic E-state index is 0.0739. The Morgan fingerprint density at radius 3 is 2.68 bits per heavy atom. The maximum Gasteiger partial charge on any atom is 0.387 e. The Bertz CT molecular complexity index is 383. The van der Waals surface area contributed by atoms with Gasteiger partial charge in [0.05, 0.1) is 6.20 Å². The van der Waals surface area contributed by atoms with Gasteiger partial charge in [-0.15, -0.1) is 0 Å². The summed E-state index contributed by atoms with van der Waals surface area (Å²) in [5, 5.41) is 8.80. The van der Waals surface area contributed by atoms with Crippen LogP contribution in [0.3, 0.4) is 0 Å². The zero-order valence-corrected chi connectivity index (χ0v) is 10.6. The van der Waals surface area contributed by atoms with Crippen LogP contribution in [0.2, 0.25) is 0 Å². The molecule has 1 fully saturated rings. The minimum Gasteiger partial charge on any atom is -0.433 e. The van der Waals surface area contributed by atoms with Crippen LogP contribution < -0.4 is 9.64 Å². The number of anilines is 1. The van der Waals surface area contributed by atoms with Crippen molar-refractivity contribution in [3.63, 3.8) is 0 Å². The molecule has 0 saturated heterocycles. The Morgan fingerprint density at radius 2 is 2.16 bits per heavy atom. The number of aliphatic hydroxyl groups excluding tert-OH is 1. The van der Waals surface area contributed by atoms with Gasteiger partial charge in [-0.2, -0.15) is 8.78 Å². The fourth-order valence-electron chi connectivity index (χ4n) is 1.98. The van der Waals surface area contributed by atoms with E-state index in [0.717, 1.165) is 38.0 Å². The van der Waals surface area contributed by atoms with Crippen molar-refractivity contribution in [3.8, 4) is 5.75 Å². The smallest absolute Gasteiger partial charge is 0.387 e. The molecule has 1 saturated carbocycles. The van der Waals surface area contributed by atoms with Gasteiger partial charge < -0.3 is 14.7 Å². The second kappa shape index (κ2) is 6.65. The number of aliphatic hydroxyl groups is 1. The second-order valence-corrected chi connectivity index (χ2v) is 4.59. The maximum atomic E-state index is 12.0. The lowest BCUT2D eigenvalue weighted by molar-refractivity contribution is -0.0500. The van der Waals surface area contributed by atoms with E-state index in [1.165, 1.54) is 12.3 Å². The summed E-state index contributed by atoms with van der Waals surface area (Å²) in [7, 11) is 0. The Labute approximate surface area is 111 Å². The molecule has 0 bridgehead atoms. The summed E-state index contributed by atoms with van der Waals surface area (Å²) in [6.07, 6.45) is 5.24. The predicted octanol–water partition coefficient (Wildman–Crippen LogP) is 2.42. The molecule has 1 aliphatic carbocycles. The number of aromatic nitrogens is 1. The van der Waals surface area contributed by atoms with Crippen molar-refractivity contribution in [3.05, 3.63) is 18.3 Å². The normalized spacial score (nSPS) is 14.7. The fraction of sp³-hybridized carbons (Fsp3) is 0.615. The van der Waals surface area contributed by atoms with E-state index in [0.29, 0.717) is 6.04 Å². The van der Waals surface area contributed by atoms with Crippen molar-refractivity contribution in [2.45, 2.75) is 38.3 Å². The van der Waals surface area contributed by atoms with E-state index in [1.54, 1.807) is 6.07 Å². The molecular formula is C13H18F2N2O2. The first-order chi connectivity index (χ1) is 9.20. The van der Waals surface area contributed by atoms with Gasteiger partial charge in [0.1, 0.15) is 11.6 Å². The average molecular weight is 272 g/mol. The van der Waals surface area contributed by atoms with Crippen molar-refractivity contribution < 1.29 is 18.6 Å². The van der Waals surface area contributed by atoms with Crippen molar-refractivity contribution >= 4 is 5.82 Å². The molecule has 6 heteroatoms. The van der Waals surface area contributed by atoms with Crippen molar-refractivity contribution in [2.75, 3.05) is 18.1 Å². The predicted molar refractivity (Wildman–Crippen MR) is 67.6 cm³/mol. The molecule has 2 rings (SSSR count). The molecule has 1 aromatic rings. The molecule has 0 aliphatic heterocycles. The van der Waals surface area contributed by atoms with Crippen molar-refractivity contribution in [1.82, 2.24) is 4.98 Å². The summed E-state index contributed by atoms with van der Waals surface area (Å²) < 4.78 is 28.4. The largest absolute Gasteiger partial charge is 0.433 e. The molecule has 106 valence electrons. The Balaban J connectivity index is 1.96.